The fourth-order valence-electron chi connectivity index (χ4n) is 1.13. The van der Waals surface area contributed by atoms with Gasteiger partial charge in [-0.25, -0.2) is 0 Å². The van der Waals surface area contributed by atoms with Crippen LogP contribution in [0.15, 0.2) is 29.2 Å². The van der Waals surface area contributed by atoms with Gasteiger partial charge in [0.2, 0.25) is 0 Å². The summed E-state index contributed by atoms with van der Waals surface area (Å²) in [5.41, 5.74) is -0.309. The van der Waals surface area contributed by atoms with E-state index in [2.05, 4.69) is 0 Å². The summed E-state index contributed by atoms with van der Waals surface area (Å²) in [6, 6.07) is 4.94. The number of hydrogen-bond donors (Lipinski definition) is 3. The molecule has 0 bridgehead atoms. The number of carboxylic acids is 1. The predicted molar refractivity (Wildman–Crippen MR) is 56.2 cm³/mol. The van der Waals surface area contributed by atoms with Gasteiger partial charge in [-0.1, -0.05) is 12.1 Å². The average Bonchev–Trinajstić information content (AvgIpc) is 2.24. The minimum atomic E-state index is -4.53. The van der Waals surface area contributed by atoms with Crippen molar-refractivity contribution in [2.75, 3.05) is 6.54 Å². The van der Waals surface area contributed by atoms with E-state index in [0.717, 1.165) is 6.07 Å². The maximum atomic E-state index is 11.5. The van der Waals surface area contributed by atoms with E-state index < -0.39 is 33.4 Å². The summed E-state index contributed by atoms with van der Waals surface area (Å²) in [6.45, 7) is -0.640. The predicted octanol–water partition coefficient (Wildman–Crippen LogP) is -0.252. The first-order valence-corrected chi connectivity index (χ1v) is 5.83. The Bertz CT molecular complexity index is 550. The molecule has 0 aliphatic carbocycles. The van der Waals surface area contributed by atoms with Crippen molar-refractivity contribution in [2.24, 2.45) is 0 Å². The molecule has 1 aromatic rings. The van der Waals surface area contributed by atoms with E-state index in [0.29, 0.717) is 0 Å². The molecule has 1 rings (SSSR count). The zero-order valence-electron chi connectivity index (χ0n) is 8.45. The zero-order valence-corrected chi connectivity index (χ0v) is 9.27. The first-order valence-electron chi connectivity index (χ1n) is 4.39. The molecule has 92 valence electrons. The largest absolute Gasteiger partial charge is 0.480 e. The van der Waals surface area contributed by atoms with Crippen LogP contribution in [0.3, 0.4) is 0 Å². The molecule has 0 atom stereocenters. The standard InChI is InChI=1S/C9H9NO6S/c11-8(12)5-10-9(13)6-3-1-2-4-7(6)17(14,15)16/h1-4H,5H2,(H,10,13)(H,11,12)(H,14,15,16). The molecule has 1 aromatic carbocycles. The molecule has 0 unspecified atom stereocenters. The van der Waals surface area contributed by atoms with Crippen LogP contribution in [0.25, 0.3) is 0 Å². The number of aliphatic carboxylic acids is 1. The van der Waals surface area contributed by atoms with Crippen molar-refractivity contribution < 1.29 is 27.7 Å². The Balaban J connectivity index is 3.06. The van der Waals surface area contributed by atoms with Gasteiger partial charge >= 0.3 is 5.97 Å². The third kappa shape index (κ3) is 3.54. The molecule has 17 heavy (non-hydrogen) atoms. The van der Waals surface area contributed by atoms with Crippen molar-refractivity contribution in [3.05, 3.63) is 29.8 Å². The van der Waals surface area contributed by atoms with Gasteiger partial charge in [-0.05, 0) is 12.1 Å². The molecule has 0 saturated carbocycles. The minimum Gasteiger partial charge on any atom is -0.480 e. The highest BCUT2D eigenvalue weighted by Crippen LogP contribution is 2.14. The quantitative estimate of drug-likeness (QED) is 0.641. The molecule has 0 heterocycles. The fraction of sp³-hybridized carbons (Fsp3) is 0.111. The molecule has 8 heteroatoms. The van der Waals surface area contributed by atoms with E-state index in [9.17, 15) is 18.0 Å². The van der Waals surface area contributed by atoms with Gasteiger partial charge in [-0.2, -0.15) is 8.42 Å². The van der Waals surface area contributed by atoms with Gasteiger partial charge in [-0.15, -0.1) is 0 Å². The molecule has 0 aliphatic rings. The lowest BCUT2D eigenvalue weighted by Gasteiger charge is -2.06. The van der Waals surface area contributed by atoms with Gasteiger partial charge in [-0.3, -0.25) is 14.1 Å². The van der Waals surface area contributed by atoms with Crippen LogP contribution in [0.5, 0.6) is 0 Å². The van der Waals surface area contributed by atoms with Crippen LogP contribution < -0.4 is 5.32 Å². The Morgan fingerprint density at radius 1 is 1.24 bits per heavy atom. The Morgan fingerprint density at radius 2 is 1.82 bits per heavy atom. The molecule has 7 nitrogen and oxygen atoms in total. The average molecular weight is 259 g/mol. The van der Waals surface area contributed by atoms with E-state index >= 15 is 0 Å². The van der Waals surface area contributed by atoms with Gasteiger partial charge < -0.3 is 10.4 Å². The summed E-state index contributed by atoms with van der Waals surface area (Å²) in [5, 5.41) is 10.4. The van der Waals surface area contributed by atoms with Crippen LogP contribution in [0.4, 0.5) is 0 Å². The lowest BCUT2D eigenvalue weighted by atomic mass is 10.2. The Labute approximate surface area is 96.8 Å². The molecule has 0 spiro atoms. The summed E-state index contributed by atoms with van der Waals surface area (Å²) in [5.74, 6) is -2.15. The van der Waals surface area contributed by atoms with E-state index in [4.69, 9.17) is 9.66 Å². The Hall–Kier alpha value is -1.93. The highest BCUT2D eigenvalue weighted by Gasteiger charge is 2.19. The van der Waals surface area contributed by atoms with Crippen molar-refractivity contribution in [3.8, 4) is 0 Å². The lowest BCUT2D eigenvalue weighted by molar-refractivity contribution is -0.135. The van der Waals surface area contributed by atoms with Crippen molar-refractivity contribution >= 4 is 22.0 Å². The Morgan fingerprint density at radius 3 is 2.35 bits per heavy atom. The molecular formula is C9H9NO6S. The van der Waals surface area contributed by atoms with E-state index in [1.165, 1.54) is 18.2 Å². The van der Waals surface area contributed by atoms with E-state index in [1.807, 2.05) is 5.32 Å². The van der Waals surface area contributed by atoms with Crippen LogP contribution in [0, 0.1) is 0 Å². The van der Waals surface area contributed by atoms with Gasteiger partial charge in [0.1, 0.15) is 11.4 Å². The second-order valence-electron chi connectivity index (χ2n) is 3.05. The molecular weight excluding hydrogens is 250 g/mol. The molecule has 0 aliphatic heterocycles. The van der Waals surface area contributed by atoms with Crippen LogP contribution in [-0.2, 0) is 14.9 Å². The highest BCUT2D eigenvalue weighted by molar-refractivity contribution is 7.86. The number of amides is 1. The summed E-state index contributed by atoms with van der Waals surface area (Å²) < 4.78 is 30.8. The first kappa shape index (κ1) is 13.1. The fourth-order valence-corrected chi connectivity index (χ4v) is 1.82. The minimum absolute atomic E-state index is 0.309. The van der Waals surface area contributed by atoms with Crippen LogP contribution >= 0.6 is 0 Å². The van der Waals surface area contributed by atoms with Gasteiger partial charge in [0.05, 0.1) is 5.56 Å². The van der Waals surface area contributed by atoms with Gasteiger partial charge in [0.25, 0.3) is 16.0 Å². The molecule has 0 radical (unpaired) electrons. The van der Waals surface area contributed by atoms with Crippen LogP contribution in [0.2, 0.25) is 0 Å². The highest BCUT2D eigenvalue weighted by atomic mass is 32.2. The molecule has 0 aromatic heterocycles. The number of benzene rings is 1. The summed E-state index contributed by atoms with van der Waals surface area (Å²) in [7, 11) is -4.53. The normalized spacial score (nSPS) is 10.9. The summed E-state index contributed by atoms with van der Waals surface area (Å²) >= 11 is 0. The van der Waals surface area contributed by atoms with Crippen LogP contribution in [-0.4, -0.2) is 36.5 Å². The van der Waals surface area contributed by atoms with Gasteiger partial charge in [0, 0.05) is 0 Å². The summed E-state index contributed by atoms with van der Waals surface area (Å²) in [4.78, 5) is 21.1. The van der Waals surface area contributed by atoms with E-state index in [1.54, 1.807) is 0 Å². The van der Waals surface area contributed by atoms with Crippen molar-refractivity contribution in [1.29, 1.82) is 0 Å². The number of rotatable bonds is 4. The third-order valence-corrected chi connectivity index (χ3v) is 2.72. The van der Waals surface area contributed by atoms with Gasteiger partial charge in [0.15, 0.2) is 0 Å². The number of carboxylic acid groups (broad SMARTS) is 1. The van der Waals surface area contributed by atoms with Crippen molar-refractivity contribution in [2.45, 2.75) is 4.90 Å². The zero-order chi connectivity index (χ0) is 13.1. The molecule has 1 amide bonds. The second kappa shape index (κ2) is 4.93. The maximum Gasteiger partial charge on any atom is 0.322 e. The van der Waals surface area contributed by atoms with Crippen molar-refractivity contribution in [1.82, 2.24) is 5.32 Å². The molecule has 0 fully saturated rings. The topological polar surface area (TPSA) is 121 Å². The maximum absolute atomic E-state index is 11.5. The number of carbonyl (C=O) groups is 2. The third-order valence-electron chi connectivity index (χ3n) is 1.81. The number of nitrogens with one attached hydrogen (secondary N) is 1. The molecule has 3 N–H and O–H groups in total. The lowest BCUT2D eigenvalue weighted by Crippen LogP contribution is -2.30. The first-order chi connectivity index (χ1) is 7.82. The number of hydrogen-bond acceptors (Lipinski definition) is 4. The second-order valence-corrected chi connectivity index (χ2v) is 4.44. The molecule has 0 saturated heterocycles. The van der Waals surface area contributed by atoms with Crippen LogP contribution in [0.1, 0.15) is 10.4 Å². The SMILES string of the molecule is O=C(O)CNC(=O)c1ccccc1S(=O)(=O)O. The summed E-state index contributed by atoms with van der Waals surface area (Å²) in [6.07, 6.45) is 0. The van der Waals surface area contributed by atoms with E-state index in [-0.39, 0.29) is 5.56 Å². The van der Waals surface area contributed by atoms with Crippen molar-refractivity contribution in [3.63, 3.8) is 0 Å². The monoisotopic (exact) mass is 259 g/mol. The number of carbonyl (C=O) groups excluding carboxylic acids is 1. The Kier molecular flexibility index (Phi) is 3.81. The smallest absolute Gasteiger partial charge is 0.322 e.